The molecule has 0 aliphatic heterocycles. The third-order valence-corrected chi connectivity index (χ3v) is 5.87. The van der Waals surface area contributed by atoms with Crippen LogP contribution in [0.15, 0.2) is 72.8 Å². The number of benzene rings is 3. The zero-order valence-corrected chi connectivity index (χ0v) is 21.9. The molecule has 3 aromatic rings. The van der Waals surface area contributed by atoms with Crippen molar-refractivity contribution >= 4 is 35.2 Å². The van der Waals surface area contributed by atoms with Gasteiger partial charge in [-0.15, -0.1) is 0 Å². The summed E-state index contributed by atoms with van der Waals surface area (Å²) in [6, 6.07) is 21.1. The predicted molar refractivity (Wildman–Crippen MR) is 148 cm³/mol. The molecule has 3 aromatic carbocycles. The average Bonchev–Trinajstić information content (AvgIpc) is 2.92. The Morgan fingerprint density at radius 1 is 0.872 bits per heavy atom. The number of carboxylic acid groups (broad SMARTS) is 1. The van der Waals surface area contributed by atoms with Gasteiger partial charge in [0, 0.05) is 18.8 Å². The van der Waals surface area contributed by atoms with E-state index in [4.69, 9.17) is 9.84 Å². The number of methoxy groups -OCH3 is 1. The number of carbonyl (C=O) groups excluding carboxylic acids is 3. The van der Waals surface area contributed by atoms with E-state index >= 15 is 0 Å². The summed E-state index contributed by atoms with van der Waals surface area (Å²) in [5, 5.41) is 17.2. The van der Waals surface area contributed by atoms with Crippen molar-refractivity contribution in [2.45, 2.75) is 26.3 Å². The van der Waals surface area contributed by atoms with Crippen molar-refractivity contribution in [1.29, 1.82) is 0 Å². The number of urea groups is 1. The van der Waals surface area contributed by atoms with Crippen LogP contribution in [0.5, 0.6) is 5.75 Å². The lowest BCUT2D eigenvalue weighted by atomic mass is 10.1. The van der Waals surface area contributed by atoms with Crippen LogP contribution in [0.2, 0.25) is 0 Å². The number of amides is 4. The number of hydrogen-bond acceptors (Lipinski definition) is 5. The Labute approximate surface area is 227 Å². The van der Waals surface area contributed by atoms with E-state index in [9.17, 15) is 19.2 Å². The number of nitrogens with one attached hydrogen (secondary N) is 3. The van der Waals surface area contributed by atoms with E-state index in [1.807, 2.05) is 55.5 Å². The van der Waals surface area contributed by atoms with Crippen LogP contribution < -0.4 is 20.7 Å². The highest BCUT2D eigenvalue weighted by molar-refractivity contribution is 6.01. The lowest BCUT2D eigenvalue weighted by molar-refractivity contribution is -0.139. The van der Waals surface area contributed by atoms with Crippen LogP contribution >= 0.6 is 0 Å². The predicted octanol–water partition coefficient (Wildman–Crippen LogP) is 3.81. The normalized spacial score (nSPS) is 10.3. The number of para-hydroxylation sites is 1. The molecule has 10 nitrogen and oxygen atoms in total. The van der Waals surface area contributed by atoms with Gasteiger partial charge in [0.25, 0.3) is 0 Å². The summed E-state index contributed by atoms with van der Waals surface area (Å²) in [5.41, 5.74) is 3.51. The van der Waals surface area contributed by atoms with E-state index in [1.165, 1.54) is 12.0 Å². The van der Waals surface area contributed by atoms with Gasteiger partial charge in [-0.25, -0.2) is 4.79 Å². The van der Waals surface area contributed by atoms with Crippen molar-refractivity contribution in [2.75, 3.05) is 30.8 Å². The summed E-state index contributed by atoms with van der Waals surface area (Å²) in [6.07, 6.45) is -0.219. The van der Waals surface area contributed by atoms with Gasteiger partial charge >= 0.3 is 12.0 Å². The quantitative estimate of drug-likeness (QED) is 0.280. The largest absolute Gasteiger partial charge is 0.495 e. The van der Waals surface area contributed by atoms with Crippen molar-refractivity contribution < 1.29 is 29.0 Å². The van der Waals surface area contributed by atoms with E-state index in [0.717, 1.165) is 11.1 Å². The highest BCUT2D eigenvalue weighted by atomic mass is 16.5. The van der Waals surface area contributed by atoms with Gasteiger partial charge in [-0.3, -0.25) is 14.4 Å². The first-order valence-corrected chi connectivity index (χ1v) is 12.4. The molecule has 0 atom stereocenters. The molecule has 0 heterocycles. The van der Waals surface area contributed by atoms with Gasteiger partial charge in [0.1, 0.15) is 5.75 Å². The highest BCUT2D eigenvalue weighted by Gasteiger charge is 2.17. The Morgan fingerprint density at radius 2 is 1.56 bits per heavy atom. The molecule has 0 spiro atoms. The molecular weight excluding hydrogens is 500 g/mol. The molecule has 0 fully saturated rings. The summed E-state index contributed by atoms with van der Waals surface area (Å²) in [4.78, 5) is 50.2. The van der Waals surface area contributed by atoms with Crippen molar-refractivity contribution in [3.05, 3.63) is 89.5 Å². The third kappa shape index (κ3) is 9.19. The minimum Gasteiger partial charge on any atom is -0.495 e. The number of carboxylic acids is 1. The van der Waals surface area contributed by atoms with Gasteiger partial charge in [-0.05, 0) is 41.8 Å². The van der Waals surface area contributed by atoms with Crippen LogP contribution in [0.25, 0.3) is 0 Å². The van der Waals surface area contributed by atoms with Gasteiger partial charge in [0.2, 0.25) is 11.8 Å². The van der Waals surface area contributed by atoms with Gasteiger partial charge in [-0.1, -0.05) is 54.6 Å². The Bertz CT molecular complexity index is 1310. The standard InChI is InChI=1S/C29H32N4O6/c1-20-8-6-7-11-23(20)31-29(38)32-24-13-12-22(16-25(24)39-2)17-26(34)30-18-27(35)33(15-14-28(36)37)19-21-9-4-3-5-10-21/h3-13,16H,14-15,17-19H2,1-2H3,(H,30,34)(H,36,37)(H2,31,32,38). The summed E-state index contributed by atoms with van der Waals surface area (Å²) in [6.45, 7) is 1.90. The third-order valence-electron chi connectivity index (χ3n) is 5.87. The van der Waals surface area contributed by atoms with E-state index in [1.54, 1.807) is 24.3 Å². The van der Waals surface area contributed by atoms with E-state index in [2.05, 4.69) is 16.0 Å². The molecule has 0 aromatic heterocycles. The molecule has 10 heteroatoms. The SMILES string of the molecule is COc1cc(CC(=O)NCC(=O)N(CCC(=O)O)Cc2ccccc2)ccc1NC(=O)Nc1ccccc1C. The first-order chi connectivity index (χ1) is 18.7. The molecule has 0 aliphatic carbocycles. The lowest BCUT2D eigenvalue weighted by Crippen LogP contribution is -2.41. The maximum absolute atomic E-state index is 12.8. The van der Waals surface area contributed by atoms with Crippen LogP contribution in [-0.2, 0) is 27.3 Å². The Kier molecular flexibility index (Phi) is 10.4. The van der Waals surface area contributed by atoms with Gasteiger partial charge in [0.15, 0.2) is 0 Å². The molecule has 0 unspecified atom stereocenters. The van der Waals surface area contributed by atoms with Crippen molar-refractivity contribution in [3.63, 3.8) is 0 Å². The molecular formula is C29H32N4O6. The molecule has 0 saturated heterocycles. The smallest absolute Gasteiger partial charge is 0.323 e. The number of nitrogens with zero attached hydrogens (tertiary/aromatic N) is 1. The molecule has 39 heavy (non-hydrogen) atoms. The number of aliphatic carboxylic acids is 1. The zero-order valence-electron chi connectivity index (χ0n) is 21.9. The van der Waals surface area contributed by atoms with Crippen molar-refractivity contribution in [1.82, 2.24) is 10.2 Å². The second-order valence-electron chi connectivity index (χ2n) is 8.83. The fourth-order valence-electron chi connectivity index (χ4n) is 3.80. The molecule has 0 bridgehead atoms. The summed E-state index contributed by atoms with van der Waals surface area (Å²) < 4.78 is 5.39. The zero-order chi connectivity index (χ0) is 28.2. The number of ether oxygens (including phenoxy) is 1. The van der Waals surface area contributed by atoms with E-state index < -0.39 is 12.0 Å². The molecule has 4 amide bonds. The number of carbonyl (C=O) groups is 4. The van der Waals surface area contributed by atoms with E-state index in [0.29, 0.717) is 22.7 Å². The number of anilines is 2. The summed E-state index contributed by atoms with van der Waals surface area (Å²) in [7, 11) is 1.46. The molecule has 0 radical (unpaired) electrons. The molecule has 0 aliphatic rings. The first-order valence-electron chi connectivity index (χ1n) is 12.4. The van der Waals surface area contributed by atoms with Crippen molar-refractivity contribution in [2.24, 2.45) is 0 Å². The monoisotopic (exact) mass is 532 g/mol. The lowest BCUT2D eigenvalue weighted by Gasteiger charge is -2.22. The Hall–Kier alpha value is -4.86. The average molecular weight is 533 g/mol. The number of rotatable bonds is 12. The topological polar surface area (TPSA) is 137 Å². The second-order valence-corrected chi connectivity index (χ2v) is 8.83. The maximum Gasteiger partial charge on any atom is 0.323 e. The van der Waals surface area contributed by atoms with Crippen LogP contribution in [0, 0.1) is 6.92 Å². The maximum atomic E-state index is 12.8. The first kappa shape index (κ1) is 28.7. The molecule has 4 N–H and O–H groups in total. The van der Waals surface area contributed by atoms with Gasteiger partial charge in [0.05, 0.1) is 32.2 Å². The van der Waals surface area contributed by atoms with Crippen LogP contribution in [-0.4, -0.2) is 54.0 Å². The van der Waals surface area contributed by atoms with Gasteiger partial charge < -0.3 is 30.7 Å². The Balaban J connectivity index is 1.56. The minimum atomic E-state index is -1.01. The van der Waals surface area contributed by atoms with Crippen LogP contribution in [0.4, 0.5) is 16.2 Å². The molecule has 3 rings (SSSR count). The van der Waals surface area contributed by atoms with E-state index in [-0.39, 0.29) is 44.3 Å². The molecule has 204 valence electrons. The summed E-state index contributed by atoms with van der Waals surface area (Å²) >= 11 is 0. The fraction of sp³-hybridized carbons (Fsp3) is 0.241. The molecule has 0 saturated carbocycles. The number of aryl methyl sites for hydroxylation is 1. The van der Waals surface area contributed by atoms with Crippen LogP contribution in [0.1, 0.15) is 23.1 Å². The number of hydrogen-bond donors (Lipinski definition) is 4. The summed E-state index contributed by atoms with van der Waals surface area (Å²) in [5.74, 6) is -1.41. The van der Waals surface area contributed by atoms with Crippen LogP contribution in [0.3, 0.4) is 0 Å². The van der Waals surface area contributed by atoms with Crippen molar-refractivity contribution in [3.8, 4) is 5.75 Å². The highest BCUT2D eigenvalue weighted by Crippen LogP contribution is 2.26. The minimum absolute atomic E-state index is 0.0207. The fourth-order valence-corrected chi connectivity index (χ4v) is 3.80. The Morgan fingerprint density at radius 3 is 2.26 bits per heavy atom. The van der Waals surface area contributed by atoms with Gasteiger partial charge in [-0.2, -0.15) is 0 Å². The second kappa shape index (κ2) is 14.2.